The molecule has 0 saturated heterocycles. The third kappa shape index (κ3) is 6.25. The predicted molar refractivity (Wildman–Crippen MR) is 83.9 cm³/mol. The molecule has 6 nitrogen and oxygen atoms in total. The smallest absolute Gasteiger partial charge is 0.437 e. The first kappa shape index (κ1) is 21.3. The lowest BCUT2D eigenvalue weighted by Gasteiger charge is -2.23. The molecule has 8 heteroatoms. The van der Waals surface area contributed by atoms with Crippen molar-refractivity contribution in [1.29, 1.82) is 0 Å². The van der Waals surface area contributed by atoms with Gasteiger partial charge >= 0.3 is 23.8 Å². The molecule has 0 aliphatic heterocycles. The van der Waals surface area contributed by atoms with Gasteiger partial charge < -0.3 is 14.2 Å². The standard InChI is InChI=1S/C17H26F2O6/c1-4-16(2,3)13(20)23-10-11-24-14(21)17(18,19)15(22)25-12-8-6-5-7-9-12/h12H,4-11H2,1-3H3. The molecule has 0 aromatic rings. The lowest BCUT2D eigenvalue weighted by atomic mass is 9.91. The van der Waals surface area contributed by atoms with Gasteiger partial charge in [0.2, 0.25) is 0 Å². The topological polar surface area (TPSA) is 78.9 Å². The number of ether oxygens (including phenoxy) is 3. The first-order chi connectivity index (χ1) is 11.6. The summed E-state index contributed by atoms with van der Waals surface area (Å²) in [7, 11) is 0. The van der Waals surface area contributed by atoms with Crippen molar-refractivity contribution in [3.8, 4) is 0 Å². The summed E-state index contributed by atoms with van der Waals surface area (Å²) in [6.45, 7) is 4.24. The number of hydrogen-bond donors (Lipinski definition) is 0. The minimum absolute atomic E-state index is 0.359. The van der Waals surface area contributed by atoms with Crippen molar-refractivity contribution in [2.75, 3.05) is 13.2 Å². The van der Waals surface area contributed by atoms with Gasteiger partial charge in [-0.3, -0.25) is 4.79 Å². The third-order valence-corrected chi connectivity index (χ3v) is 4.32. The summed E-state index contributed by atoms with van der Waals surface area (Å²) in [5.74, 6) is -8.79. The molecule has 0 bridgehead atoms. The normalized spacial score (nSPS) is 16.2. The quantitative estimate of drug-likeness (QED) is 0.285. The lowest BCUT2D eigenvalue weighted by Crippen LogP contribution is -2.43. The van der Waals surface area contributed by atoms with Crippen LogP contribution in [0.15, 0.2) is 0 Å². The van der Waals surface area contributed by atoms with E-state index in [1.54, 1.807) is 20.8 Å². The van der Waals surface area contributed by atoms with Crippen LogP contribution in [-0.2, 0) is 28.6 Å². The van der Waals surface area contributed by atoms with E-state index in [0.717, 1.165) is 19.3 Å². The van der Waals surface area contributed by atoms with E-state index in [1.165, 1.54) is 0 Å². The maximum absolute atomic E-state index is 13.7. The van der Waals surface area contributed by atoms with E-state index in [2.05, 4.69) is 4.74 Å². The zero-order valence-corrected chi connectivity index (χ0v) is 14.9. The second kappa shape index (κ2) is 9.10. The van der Waals surface area contributed by atoms with Gasteiger partial charge in [0, 0.05) is 0 Å². The summed E-state index contributed by atoms with van der Waals surface area (Å²) in [6, 6.07) is 0. The van der Waals surface area contributed by atoms with Crippen LogP contribution in [0, 0.1) is 5.41 Å². The van der Waals surface area contributed by atoms with Crippen LogP contribution in [-0.4, -0.2) is 43.1 Å². The van der Waals surface area contributed by atoms with E-state index in [4.69, 9.17) is 9.47 Å². The van der Waals surface area contributed by atoms with Crippen LogP contribution in [0.3, 0.4) is 0 Å². The Labute approximate surface area is 146 Å². The highest BCUT2D eigenvalue weighted by Gasteiger charge is 2.51. The number of carbonyl (C=O) groups is 3. The van der Waals surface area contributed by atoms with Crippen molar-refractivity contribution in [2.45, 2.75) is 71.3 Å². The van der Waals surface area contributed by atoms with Crippen LogP contribution in [0.25, 0.3) is 0 Å². The zero-order valence-electron chi connectivity index (χ0n) is 14.9. The van der Waals surface area contributed by atoms with Crippen LogP contribution in [0.2, 0.25) is 0 Å². The van der Waals surface area contributed by atoms with Crippen LogP contribution in [0.4, 0.5) is 8.78 Å². The molecule has 0 radical (unpaired) electrons. The molecule has 0 heterocycles. The second-order valence-corrected chi connectivity index (χ2v) is 6.75. The zero-order chi connectivity index (χ0) is 19.1. The Morgan fingerprint density at radius 3 is 1.96 bits per heavy atom. The second-order valence-electron chi connectivity index (χ2n) is 6.75. The monoisotopic (exact) mass is 364 g/mol. The highest BCUT2D eigenvalue weighted by Crippen LogP contribution is 2.25. The molecule has 0 N–H and O–H groups in total. The molecular weight excluding hydrogens is 338 g/mol. The van der Waals surface area contributed by atoms with Crippen molar-refractivity contribution in [2.24, 2.45) is 5.41 Å². The maximum Gasteiger partial charge on any atom is 0.437 e. The van der Waals surface area contributed by atoms with Gasteiger partial charge in [0.15, 0.2) is 0 Å². The van der Waals surface area contributed by atoms with E-state index >= 15 is 0 Å². The summed E-state index contributed by atoms with van der Waals surface area (Å²) in [4.78, 5) is 34.6. The van der Waals surface area contributed by atoms with Crippen LogP contribution >= 0.6 is 0 Å². The predicted octanol–water partition coefficient (Wildman–Crippen LogP) is 3.02. The Morgan fingerprint density at radius 1 is 0.920 bits per heavy atom. The fraction of sp³-hybridized carbons (Fsp3) is 0.824. The molecule has 0 aromatic carbocycles. The van der Waals surface area contributed by atoms with E-state index in [0.29, 0.717) is 19.3 Å². The van der Waals surface area contributed by atoms with E-state index in [-0.39, 0.29) is 6.61 Å². The van der Waals surface area contributed by atoms with Gasteiger partial charge in [0.1, 0.15) is 19.3 Å². The first-order valence-corrected chi connectivity index (χ1v) is 8.54. The molecule has 25 heavy (non-hydrogen) atoms. The molecule has 144 valence electrons. The largest absolute Gasteiger partial charge is 0.462 e. The minimum atomic E-state index is -4.37. The Bertz CT molecular complexity index is 484. The van der Waals surface area contributed by atoms with Crippen molar-refractivity contribution in [3.63, 3.8) is 0 Å². The van der Waals surface area contributed by atoms with E-state index in [1.807, 2.05) is 0 Å². The van der Waals surface area contributed by atoms with Crippen LogP contribution < -0.4 is 0 Å². The van der Waals surface area contributed by atoms with Gasteiger partial charge in [-0.15, -0.1) is 0 Å². The molecule has 0 atom stereocenters. The SMILES string of the molecule is CCC(C)(C)C(=O)OCCOC(=O)C(F)(F)C(=O)OC1CCCCC1. The van der Waals surface area contributed by atoms with Gasteiger partial charge in [0.05, 0.1) is 5.41 Å². The average molecular weight is 364 g/mol. The van der Waals surface area contributed by atoms with Crippen molar-refractivity contribution < 1.29 is 37.4 Å². The molecule has 1 rings (SSSR count). The van der Waals surface area contributed by atoms with Crippen LogP contribution in [0.5, 0.6) is 0 Å². The summed E-state index contributed by atoms with van der Waals surface area (Å²) in [6.07, 6.45) is 3.55. The Balaban J connectivity index is 2.38. The molecule has 0 unspecified atom stereocenters. The number of halogens is 2. The van der Waals surface area contributed by atoms with Gasteiger partial charge in [-0.1, -0.05) is 13.3 Å². The number of hydrogen-bond acceptors (Lipinski definition) is 6. The van der Waals surface area contributed by atoms with E-state index < -0.39 is 42.0 Å². The number of rotatable bonds is 8. The van der Waals surface area contributed by atoms with Crippen molar-refractivity contribution >= 4 is 17.9 Å². The molecule has 0 spiro atoms. The fourth-order valence-corrected chi connectivity index (χ4v) is 2.19. The fourth-order valence-electron chi connectivity index (χ4n) is 2.19. The molecule has 1 fully saturated rings. The summed E-state index contributed by atoms with van der Waals surface area (Å²) in [5.41, 5.74) is -0.711. The Morgan fingerprint density at radius 2 is 1.44 bits per heavy atom. The molecule has 0 amide bonds. The number of carbonyl (C=O) groups excluding carboxylic acids is 3. The van der Waals surface area contributed by atoms with Crippen LogP contribution in [0.1, 0.15) is 59.3 Å². The number of alkyl halides is 2. The van der Waals surface area contributed by atoms with Crippen molar-refractivity contribution in [1.82, 2.24) is 0 Å². The molecular formula is C17H26F2O6. The average Bonchev–Trinajstić information content (AvgIpc) is 2.58. The molecule has 1 aliphatic carbocycles. The minimum Gasteiger partial charge on any atom is -0.462 e. The lowest BCUT2D eigenvalue weighted by molar-refractivity contribution is -0.196. The Hall–Kier alpha value is -1.73. The summed E-state index contributed by atoms with van der Waals surface area (Å²) >= 11 is 0. The van der Waals surface area contributed by atoms with Gasteiger partial charge in [-0.05, 0) is 46.0 Å². The Kier molecular flexibility index (Phi) is 7.76. The van der Waals surface area contributed by atoms with Crippen molar-refractivity contribution in [3.05, 3.63) is 0 Å². The molecule has 1 saturated carbocycles. The highest BCUT2D eigenvalue weighted by atomic mass is 19.3. The first-order valence-electron chi connectivity index (χ1n) is 8.54. The van der Waals surface area contributed by atoms with E-state index in [9.17, 15) is 23.2 Å². The number of esters is 3. The highest BCUT2D eigenvalue weighted by molar-refractivity contribution is 6.01. The maximum atomic E-state index is 13.7. The van der Waals surface area contributed by atoms with Gasteiger partial charge in [-0.25, -0.2) is 9.59 Å². The van der Waals surface area contributed by atoms with Gasteiger partial charge in [0.25, 0.3) is 0 Å². The summed E-state index contributed by atoms with van der Waals surface area (Å²) in [5, 5.41) is 0. The third-order valence-electron chi connectivity index (χ3n) is 4.32. The molecule has 1 aliphatic rings. The van der Waals surface area contributed by atoms with Gasteiger partial charge in [-0.2, -0.15) is 8.78 Å². The summed E-state index contributed by atoms with van der Waals surface area (Å²) < 4.78 is 41.4. The molecule has 0 aromatic heterocycles.